The largest absolute Gasteiger partial charge is 0.290 e. The second-order valence-corrected chi connectivity index (χ2v) is 12.9. The molecule has 8 bridgehead atoms. The molecule has 40 heavy (non-hydrogen) atoms. The van der Waals surface area contributed by atoms with E-state index >= 15 is 0 Å². The molecule has 0 amide bonds. The van der Waals surface area contributed by atoms with Crippen LogP contribution in [0.2, 0.25) is 0 Å². The van der Waals surface area contributed by atoms with Crippen LogP contribution in [0.5, 0.6) is 0 Å². The molecule has 0 aliphatic heterocycles. The van der Waals surface area contributed by atoms with Crippen LogP contribution in [0, 0.1) is 23.7 Å². The van der Waals surface area contributed by atoms with E-state index in [1.165, 1.54) is 22.3 Å². The number of Topliss-reactive ketones (excluding diaryl/α,β-unsaturated/α-hetero) is 4. The molecule has 0 heterocycles. The Kier molecular flexibility index (Phi) is 4.48. The summed E-state index contributed by atoms with van der Waals surface area (Å²) < 4.78 is 0. The highest BCUT2D eigenvalue weighted by Gasteiger charge is 2.43. The molecule has 0 saturated carbocycles. The fraction of sp³-hybridized carbons (Fsp3) is 0.333. The molecule has 4 atom stereocenters. The van der Waals surface area contributed by atoms with E-state index in [2.05, 4.69) is 48.6 Å². The van der Waals surface area contributed by atoms with Crippen molar-refractivity contribution < 1.29 is 19.2 Å². The third kappa shape index (κ3) is 3.08. The smallest absolute Gasteiger partial charge is 0.225 e. The molecule has 4 unspecified atom stereocenters. The fourth-order valence-electron chi connectivity index (χ4n) is 8.65. The molecule has 4 heteroatoms. The Morgan fingerprint density at radius 2 is 0.850 bits per heavy atom. The number of hydrogen-bond donors (Lipinski definition) is 0. The van der Waals surface area contributed by atoms with E-state index in [1.54, 1.807) is 0 Å². The van der Waals surface area contributed by atoms with Crippen LogP contribution in [0.25, 0.3) is 0 Å². The van der Waals surface area contributed by atoms with Crippen LogP contribution in [-0.2, 0) is 19.2 Å². The van der Waals surface area contributed by atoms with Crippen molar-refractivity contribution in [3.8, 4) is 0 Å². The van der Waals surface area contributed by atoms with Gasteiger partial charge in [-0.25, -0.2) is 0 Å². The van der Waals surface area contributed by atoms with Gasteiger partial charge in [-0.15, -0.1) is 0 Å². The molecule has 196 valence electrons. The third-order valence-corrected chi connectivity index (χ3v) is 10.8. The first-order valence-electron chi connectivity index (χ1n) is 14.6. The monoisotopic (exact) mass is 524 g/mol. The van der Waals surface area contributed by atoms with Crippen molar-refractivity contribution in [1.29, 1.82) is 0 Å². The zero-order chi connectivity index (χ0) is 26.9. The number of carbonyl (C=O) groups excluding carboxylic acids is 4. The van der Waals surface area contributed by atoms with Crippen LogP contribution in [-0.4, -0.2) is 23.1 Å². The van der Waals surface area contributed by atoms with Gasteiger partial charge in [-0.05, 0) is 84.8 Å². The molecule has 9 rings (SSSR count). The lowest BCUT2D eigenvalue weighted by Crippen LogP contribution is -2.28. The average molecular weight is 525 g/mol. The first-order chi connectivity index (χ1) is 19.4. The second-order valence-electron chi connectivity index (χ2n) is 12.9. The molecule has 9 aliphatic carbocycles. The quantitative estimate of drug-likeness (QED) is 0.366. The highest BCUT2D eigenvalue weighted by molar-refractivity contribution is 6.46. The van der Waals surface area contributed by atoms with E-state index in [0.29, 0.717) is 49.7 Å². The van der Waals surface area contributed by atoms with Gasteiger partial charge in [0, 0.05) is 23.0 Å². The Labute approximate surface area is 232 Å². The molecule has 0 aromatic rings. The zero-order valence-corrected chi connectivity index (χ0v) is 22.2. The van der Waals surface area contributed by atoms with E-state index in [4.69, 9.17) is 0 Å². The topological polar surface area (TPSA) is 68.3 Å². The van der Waals surface area contributed by atoms with Crippen molar-refractivity contribution in [1.82, 2.24) is 0 Å². The Bertz CT molecular complexity index is 1630. The van der Waals surface area contributed by atoms with Crippen molar-refractivity contribution in [2.24, 2.45) is 23.7 Å². The number of hydrogen-bond acceptors (Lipinski definition) is 4. The van der Waals surface area contributed by atoms with Gasteiger partial charge in [-0.2, -0.15) is 0 Å². The van der Waals surface area contributed by atoms with Crippen LogP contribution < -0.4 is 0 Å². The molecular weight excluding hydrogens is 496 g/mol. The maximum Gasteiger partial charge on any atom is 0.225 e. The maximum atomic E-state index is 13.7. The summed E-state index contributed by atoms with van der Waals surface area (Å²) in [5, 5.41) is 0. The van der Waals surface area contributed by atoms with Crippen LogP contribution in [0.3, 0.4) is 0 Å². The summed E-state index contributed by atoms with van der Waals surface area (Å²) in [7, 11) is 0. The lowest BCUT2D eigenvalue weighted by Gasteiger charge is -2.28. The summed E-state index contributed by atoms with van der Waals surface area (Å²) in [4.78, 5) is 54.6. The van der Waals surface area contributed by atoms with Crippen molar-refractivity contribution in [3.63, 3.8) is 0 Å². The third-order valence-electron chi connectivity index (χ3n) is 10.8. The summed E-state index contributed by atoms with van der Waals surface area (Å²) in [6.07, 6.45) is 22.4. The van der Waals surface area contributed by atoms with Gasteiger partial charge in [-0.1, -0.05) is 70.9 Å². The van der Waals surface area contributed by atoms with Gasteiger partial charge in [0.1, 0.15) is 0 Å². The Hall–Kier alpha value is -3.92. The van der Waals surface area contributed by atoms with Crippen molar-refractivity contribution >= 4 is 23.1 Å². The van der Waals surface area contributed by atoms with Crippen molar-refractivity contribution in [2.75, 3.05) is 0 Å². The summed E-state index contributed by atoms with van der Waals surface area (Å²) >= 11 is 0. The Morgan fingerprint density at radius 1 is 0.450 bits per heavy atom. The molecule has 0 fully saturated rings. The van der Waals surface area contributed by atoms with Gasteiger partial charge in [-0.3, -0.25) is 19.2 Å². The summed E-state index contributed by atoms with van der Waals surface area (Å²) in [6.45, 7) is 0. The van der Waals surface area contributed by atoms with Crippen LogP contribution >= 0.6 is 0 Å². The fourth-order valence-corrected chi connectivity index (χ4v) is 8.65. The molecule has 4 nitrogen and oxygen atoms in total. The Morgan fingerprint density at radius 3 is 1.30 bits per heavy atom. The number of rotatable bonds is 0. The van der Waals surface area contributed by atoms with Gasteiger partial charge in [0.2, 0.25) is 23.1 Å². The summed E-state index contributed by atoms with van der Waals surface area (Å²) in [6, 6.07) is 0. The molecule has 0 aromatic heterocycles. The molecular formula is C36H28O4. The van der Waals surface area contributed by atoms with Gasteiger partial charge in [0.25, 0.3) is 0 Å². The minimum Gasteiger partial charge on any atom is -0.290 e. The molecule has 0 radical (unpaired) electrons. The lowest BCUT2D eigenvalue weighted by molar-refractivity contribution is -0.136. The number of ketones is 4. The minimum atomic E-state index is -0.405. The highest BCUT2D eigenvalue weighted by Crippen LogP contribution is 2.50. The van der Waals surface area contributed by atoms with Crippen LogP contribution in [0.4, 0.5) is 0 Å². The minimum absolute atomic E-state index is 0.0579. The first kappa shape index (κ1) is 22.9. The predicted octanol–water partition coefficient (Wildman–Crippen LogP) is 5.98. The molecule has 0 N–H and O–H groups in total. The molecule has 0 spiro atoms. The number of allylic oxidation sites excluding steroid dienone is 20. The zero-order valence-electron chi connectivity index (χ0n) is 22.2. The Balaban J connectivity index is 1.29. The van der Waals surface area contributed by atoms with Gasteiger partial charge >= 0.3 is 0 Å². The molecule has 0 aromatic carbocycles. The van der Waals surface area contributed by atoms with Crippen molar-refractivity contribution in [2.45, 2.75) is 51.4 Å². The molecule has 9 aliphatic rings. The average Bonchev–Trinajstić information content (AvgIpc) is 3.31. The first-order valence-corrected chi connectivity index (χ1v) is 14.6. The van der Waals surface area contributed by atoms with Crippen LogP contribution in [0.15, 0.2) is 115 Å². The molecule has 0 saturated heterocycles. The van der Waals surface area contributed by atoms with Crippen molar-refractivity contribution in [3.05, 3.63) is 115 Å². The van der Waals surface area contributed by atoms with E-state index in [9.17, 15) is 19.2 Å². The second kappa shape index (κ2) is 7.84. The van der Waals surface area contributed by atoms with Gasteiger partial charge in [0.15, 0.2) is 0 Å². The number of carbonyl (C=O) groups is 4. The van der Waals surface area contributed by atoms with Gasteiger partial charge < -0.3 is 0 Å². The van der Waals surface area contributed by atoms with Crippen LogP contribution in [0.1, 0.15) is 51.4 Å². The van der Waals surface area contributed by atoms with E-state index < -0.39 is 11.8 Å². The predicted molar refractivity (Wildman–Crippen MR) is 150 cm³/mol. The highest BCUT2D eigenvalue weighted by atomic mass is 16.2. The SMILES string of the molecule is O=C1C(=O)C2CC3=C4C=C2CC2=C1CC1C=CC5=C(C=C6CC7=C(CC(C=C3)C(=C7)C4)C(=O)C(=O)C6C5)CC1=C2. The summed E-state index contributed by atoms with van der Waals surface area (Å²) in [5.74, 6) is -1.82. The summed E-state index contributed by atoms with van der Waals surface area (Å²) in [5.41, 5.74) is 12.7. The lowest BCUT2D eigenvalue weighted by atomic mass is 9.76. The van der Waals surface area contributed by atoms with Gasteiger partial charge in [0.05, 0.1) is 11.8 Å². The van der Waals surface area contributed by atoms with E-state index in [-0.39, 0.29) is 35.0 Å². The normalized spacial score (nSPS) is 33.4. The maximum absolute atomic E-state index is 13.7. The van der Waals surface area contributed by atoms with E-state index in [0.717, 1.165) is 46.3 Å². The van der Waals surface area contributed by atoms with E-state index in [1.807, 2.05) is 0 Å². The standard InChI is InChI=1S/C36H28O4/c37-33-29-13-17-1-2-18-14-30-26-8-22(18)5-21(17)7-25(29)11-27-9-23-6-24-10-28(12-26)32(36(40)34(30)38)16-20(24)4-3-19(23)15-31(27)35(33)39/h1-4,7-10,17,20,30-31H,5-6,11-16H2.